The number of para-hydroxylation sites is 1. The zero-order valence-corrected chi connectivity index (χ0v) is 16.7. The van der Waals surface area contributed by atoms with E-state index in [1.807, 2.05) is 19.1 Å². The number of aryl methyl sites for hydroxylation is 1. The van der Waals surface area contributed by atoms with Crippen molar-refractivity contribution >= 4 is 52.3 Å². The van der Waals surface area contributed by atoms with Gasteiger partial charge in [0.25, 0.3) is 11.8 Å². The van der Waals surface area contributed by atoms with Crippen molar-refractivity contribution in [2.75, 3.05) is 16.8 Å². The van der Waals surface area contributed by atoms with Gasteiger partial charge < -0.3 is 5.32 Å². The molecule has 8 nitrogen and oxygen atoms in total. The lowest BCUT2D eigenvalue weighted by Gasteiger charge is -2.21. The van der Waals surface area contributed by atoms with Gasteiger partial charge in [0.1, 0.15) is 6.54 Å². The molecule has 2 atom stereocenters. The molecule has 2 aromatic carbocycles. The Labute approximate surface area is 176 Å². The van der Waals surface area contributed by atoms with Gasteiger partial charge in [-0.15, -0.1) is 0 Å². The lowest BCUT2D eigenvalue weighted by atomic mass is 10.1. The third kappa shape index (κ3) is 3.45. The SMILES string of the molecule is Cc1ccccc1N1C(=O)[C@H]2N=NN(CC(=O)Nc3ccc(Cl)c(Cl)c3)[C@@H]2C1=O. The standard InChI is InChI=1S/C19H15Cl2N5O3/c1-10-4-2-3-5-14(10)26-18(28)16-17(19(26)29)25(24-23-16)9-15(27)22-11-6-7-12(20)13(21)8-11/h2-8,16-17H,9H2,1H3,(H,22,27)/t16-,17-/m0/s1. The molecule has 3 amide bonds. The Bertz CT molecular complexity index is 1060. The van der Waals surface area contributed by atoms with Crippen LogP contribution in [0.2, 0.25) is 10.0 Å². The molecule has 1 fully saturated rings. The highest BCUT2D eigenvalue weighted by Crippen LogP contribution is 2.33. The topological polar surface area (TPSA) is 94.4 Å². The summed E-state index contributed by atoms with van der Waals surface area (Å²) in [7, 11) is 0. The number of nitrogens with one attached hydrogen (secondary N) is 1. The maximum Gasteiger partial charge on any atom is 0.263 e. The molecule has 148 valence electrons. The third-order valence-electron chi connectivity index (χ3n) is 4.72. The summed E-state index contributed by atoms with van der Waals surface area (Å²) in [6.45, 7) is 1.57. The number of amides is 3. The van der Waals surface area contributed by atoms with E-state index >= 15 is 0 Å². The molecular weight excluding hydrogens is 417 g/mol. The molecular formula is C19H15Cl2N5O3. The first-order valence-electron chi connectivity index (χ1n) is 8.72. The first-order valence-corrected chi connectivity index (χ1v) is 9.48. The predicted octanol–water partition coefficient (Wildman–Crippen LogP) is 3.23. The van der Waals surface area contributed by atoms with Crippen molar-refractivity contribution in [2.24, 2.45) is 10.3 Å². The average molecular weight is 432 g/mol. The number of carbonyl (C=O) groups is 3. The van der Waals surface area contributed by atoms with Crippen molar-refractivity contribution in [2.45, 2.75) is 19.0 Å². The van der Waals surface area contributed by atoms with E-state index in [0.29, 0.717) is 21.4 Å². The van der Waals surface area contributed by atoms with E-state index in [2.05, 4.69) is 15.7 Å². The Balaban J connectivity index is 1.50. The van der Waals surface area contributed by atoms with Crippen molar-refractivity contribution in [3.8, 4) is 0 Å². The van der Waals surface area contributed by atoms with E-state index in [-0.39, 0.29) is 6.54 Å². The number of benzene rings is 2. The first kappa shape index (κ1) is 19.4. The number of carbonyl (C=O) groups excluding carboxylic acids is 3. The molecule has 4 rings (SSSR count). The highest BCUT2D eigenvalue weighted by atomic mass is 35.5. The molecule has 1 saturated heterocycles. The molecule has 0 unspecified atom stereocenters. The van der Waals surface area contributed by atoms with E-state index in [0.717, 1.165) is 10.5 Å². The number of hydrogen-bond donors (Lipinski definition) is 1. The highest BCUT2D eigenvalue weighted by Gasteiger charge is 2.55. The van der Waals surface area contributed by atoms with Crippen molar-refractivity contribution in [3.05, 3.63) is 58.1 Å². The van der Waals surface area contributed by atoms with E-state index in [1.54, 1.807) is 24.3 Å². The second kappa shape index (κ2) is 7.46. The van der Waals surface area contributed by atoms with Crippen LogP contribution in [0, 0.1) is 6.92 Å². The molecule has 0 spiro atoms. The van der Waals surface area contributed by atoms with Crippen LogP contribution in [-0.2, 0) is 14.4 Å². The molecule has 29 heavy (non-hydrogen) atoms. The van der Waals surface area contributed by atoms with E-state index < -0.39 is 29.8 Å². The van der Waals surface area contributed by atoms with Gasteiger partial charge in [-0.25, -0.2) is 4.90 Å². The Morgan fingerprint density at radius 3 is 2.59 bits per heavy atom. The summed E-state index contributed by atoms with van der Waals surface area (Å²) < 4.78 is 0. The second-order valence-electron chi connectivity index (χ2n) is 6.67. The number of nitrogens with zero attached hydrogens (tertiary/aromatic N) is 4. The monoisotopic (exact) mass is 431 g/mol. The van der Waals surface area contributed by atoms with Gasteiger partial charge in [0, 0.05) is 5.69 Å². The Hall–Kier alpha value is -2.97. The minimum absolute atomic E-state index is 0.245. The van der Waals surface area contributed by atoms with Crippen LogP contribution in [0.4, 0.5) is 11.4 Å². The van der Waals surface area contributed by atoms with Gasteiger partial charge in [0.15, 0.2) is 12.1 Å². The van der Waals surface area contributed by atoms with Crippen LogP contribution in [0.15, 0.2) is 52.8 Å². The Kier molecular flexibility index (Phi) is 4.97. The molecule has 10 heteroatoms. The molecule has 1 N–H and O–H groups in total. The Morgan fingerprint density at radius 2 is 1.86 bits per heavy atom. The van der Waals surface area contributed by atoms with Gasteiger partial charge >= 0.3 is 0 Å². The molecule has 2 heterocycles. The van der Waals surface area contributed by atoms with E-state index in [4.69, 9.17) is 23.2 Å². The lowest BCUT2D eigenvalue weighted by molar-refractivity contribution is -0.123. The average Bonchev–Trinajstić information content (AvgIpc) is 3.19. The quantitative estimate of drug-likeness (QED) is 0.751. The van der Waals surface area contributed by atoms with Crippen LogP contribution in [0.3, 0.4) is 0 Å². The minimum atomic E-state index is -0.958. The van der Waals surface area contributed by atoms with Crippen molar-refractivity contribution in [3.63, 3.8) is 0 Å². The summed E-state index contributed by atoms with van der Waals surface area (Å²) >= 11 is 11.8. The van der Waals surface area contributed by atoms with Crippen LogP contribution >= 0.6 is 23.2 Å². The van der Waals surface area contributed by atoms with Gasteiger partial charge in [0.2, 0.25) is 5.91 Å². The summed E-state index contributed by atoms with van der Waals surface area (Å²) in [5.74, 6) is -1.34. The van der Waals surface area contributed by atoms with Crippen LogP contribution < -0.4 is 10.2 Å². The van der Waals surface area contributed by atoms with Gasteiger partial charge in [-0.3, -0.25) is 19.4 Å². The number of halogens is 2. The van der Waals surface area contributed by atoms with Crippen molar-refractivity contribution < 1.29 is 14.4 Å². The molecule has 0 aromatic heterocycles. The predicted molar refractivity (Wildman–Crippen MR) is 108 cm³/mol. The van der Waals surface area contributed by atoms with E-state index in [9.17, 15) is 14.4 Å². The highest BCUT2D eigenvalue weighted by molar-refractivity contribution is 6.42. The maximum absolute atomic E-state index is 13.0. The number of anilines is 2. The molecule has 0 aliphatic carbocycles. The summed E-state index contributed by atoms with van der Waals surface area (Å²) in [6, 6.07) is 9.86. The Morgan fingerprint density at radius 1 is 1.10 bits per heavy atom. The summed E-state index contributed by atoms with van der Waals surface area (Å²) in [4.78, 5) is 39.2. The lowest BCUT2D eigenvalue weighted by Crippen LogP contribution is -2.43. The van der Waals surface area contributed by atoms with Gasteiger partial charge in [-0.2, -0.15) is 5.11 Å². The van der Waals surface area contributed by atoms with Gasteiger partial charge in [-0.1, -0.05) is 46.6 Å². The molecule has 2 aliphatic rings. The van der Waals surface area contributed by atoms with Crippen molar-refractivity contribution in [1.82, 2.24) is 5.01 Å². The van der Waals surface area contributed by atoms with Crippen LogP contribution in [0.5, 0.6) is 0 Å². The zero-order chi connectivity index (χ0) is 20.7. The third-order valence-corrected chi connectivity index (χ3v) is 5.46. The second-order valence-corrected chi connectivity index (χ2v) is 7.48. The van der Waals surface area contributed by atoms with Crippen LogP contribution in [0.1, 0.15) is 5.56 Å². The largest absolute Gasteiger partial charge is 0.324 e. The molecule has 0 bridgehead atoms. The molecule has 2 aliphatic heterocycles. The van der Waals surface area contributed by atoms with Crippen LogP contribution in [0.25, 0.3) is 0 Å². The summed E-state index contributed by atoms with van der Waals surface area (Å²) in [6.07, 6.45) is 0. The minimum Gasteiger partial charge on any atom is -0.324 e. The number of imide groups is 1. The first-order chi connectivity index (χ1) is 13.9. The molecule has 0 saturated carbocycles. The van der Waals surface area contributed by atoms with Crippen LogP contribution in [-0.4, -0.2) is 41.4 Å². The van der Waals surface area contributed by atoms with Gasteiger partial charge in [0.05, 0.1) is 15.7 Å². The van der Waals surface area contributed by atoms with E-state index in [1.165, 1.54) is 11.1 Å². The fraction of sp³-hybridized carbons (Fsp3) is 0.211. The number of rotatable bonds is 4. The summed E-state index contributed by atoms with van der Waals surface area (Å²) in [5, 5.41) is 12.4. The van der Waals surface area contributed by atoms with Gasteiger partial charge in [-0.05, 0) is 36.8 Å². The fourth-order valence-electron chi connectivity index (χ4n) is 3.33. The normalized spacial score (nSPS) is 20.4. The number of fused-ring (bicyclic) bond motifs is 1. The fourth-order valence-corrected chi connectivity index (χ4v) is 3.63. The van der Waals surface area contributed by atoms with Crippen molar-refractivity contribution in [1.29, 1.82) is 0 Å². The maximum atomic E-state index is 13.0. The summed E-state index contributed by atoms with van der Waals surface area (Å²) in [5.41, 5.74) is 1.75. The smallest absolute Gasteiger partial charge is 0.263 e. The molecule has 2 aromatic rings. The molecule has 0 radical (unpaired) electrons. The zero-order valence-electron chi connectivity index (χ0n) is 15.2. The number of hydrogen-bond acceptors (Lipinski definition) is 6.